The van der Waals surface area contributed by atoms with E-state index in [-0.39, 0.29) is 18.2 Å². The Labute approximate surface area is 217 Å². The first-order valence-electron chi connectivity index (χ1n) is 13.1. The van der Waals surface area contributed by atoms with Crippen molar-refractivity contribution in [2.24, 2.45) is 5.92 Å². The number of carbonyl (C=O) groups excluding carboxylic acids is 1. The van der Waals surface area contributed by atoms with Crippen LogP contribution in [0.4, 0.5) is 0 Å². The molecule has 37 heavy (non-hydrogen) atoms. The topological polar surface area (TPSA) is 89.2 Å². The number of fused-ring (bicyclic) bond motifs is 2. The third kappa shape index (κ3) is 4.97. The molecule has 1 aliphatic heterocycles. The number of hydrogen-bond acceptors (Lipinski definition) is 6. The Hall–Kier alpha value is -3.32. The number of methoxy groups -OCH3 is 1. The second-order valence-electron chi connectivity index (χ2n) is 10.5. The molecule has 0 spiro atoms. The predicted octanol–water partition coefficient (Wildman–Crippen LogP) is 4.69. The highest BCUT2D eigenvalue weighted by Gasteiger charge is 2.43. The maximum atomic E-state index is 13.2. The summed E-state index contributed by atoms with van der Waals surface area (Å²) in [6.45, 7) is 5.17. The zero-order chi connectivity index (χ0) is 26.2. The van der Waals surface area contributed by atoms with Crippen LogP contribution < -0.4 is 15.1 Å². The van der Waals surface area contributed by atoms with Crippen molar-refractivity contribution in [1.82, 2.24) is 4.90 Å². The summed E-state index contributed by atoms with van der Waals surface area (Å²) in [6.07, 6.45) is 4.50. The van der Waals surface area contributed by atoms with Crippen LogP contribution in [0.15, 0.2) is 45.6 Å². The van der Waals surface area contributed by atoms with E-state index in [0.717, 1.165) is 53.5 Å². The number of piperidine rings is 1. The number of hydrogen-bond donors (Lipinski definition) is 1. The van der Waals surface area contributed by atoms with Crippen molar-refractivity contribution < 1.29 is 23.8 Å². The SMILES string of the molecule is COc1cccc(COc2ccc3c(C)c(CC(=O)N4CC[C@]5(O)CCCC[C@H]5C4)c(=O)oc3c2C)c1. The molecule has 1 saturated heterocycles. The molecule has 1 N–H and O–H groups in total. The van der Waals surface area contributed by atoms with Crippen LogP contribution in [-0.4, -0.2) is 41.7 Å². The summed E-state index contributed by atoms with van der Waals surface area (Å²) in [5, 5.41) is 11.7. The van der Waals surface area contributed by atoms with Gasteiger partial charge in [-0.05, 0) is 68.5 Å². The number of nitrogens with zero attached hydrogens (tertiary/aromatic N) is 1. The van der Waals surface area contributed by atoms with Crippen LogP contribution in [0.2, 0.25) is 0 Å². The Morgan fingerprint density at radius 3 is 2.81 bits per heavy atom. The average Bonchev–Trinajstić information content (AvgIpc) is 2.90. The van der Waals surface area contributed by atoms with Gasteiger partial charge in [0.15, 0.2) is 0 Å². The number of amides is 1. The highest BCUT2D eigenvalue weighted by molar-refractivity contribution is 5.87. The van der Waals surface area contributed by atoms with Gasteiger partial charge in [0.05, 0.1) is 24.7 Å². The fraction of sp³-hybridized carbons (Fsp3) is 0.467. The Kier molecular flexibility index (Phi) is 6.99. The van der Waals surface area contributed by atoms with Gasteiger partial charge in [-0.25, -0.2) is 4.79 Å². The van der Waals surface area contributed by atoms with E-state index in [2.05, 4.69) is 0 Å². The van der Waals surface area contributed by atoms with Gasteiger partial charge in [0.25, 0.3) is 0 Å². The standard InChI is InChI=1S/C30H35NO6/c1-19-24-10-11-26(36-18-21-7-6-9-23(15-21)35-3)20(2)28(24)37-29(33)25(19)16-27(32)31-14-13-30(34)12-5-4-8-22(30)17-31/h6-7,9-11,15,22,34H,4-5,8,12-14,16-18H2,1-3H3/t22-,30+/m0/s1. The number of carbonyl (C=O) groups is 1. The number of aliphatic hydroxyl groups is 1. The number of benzene rings is 2. The summed E-state index contributed by atoms with van der Waals surface area (Å²) in [7, 11) is 1.63. The van der Waals surface area contributed by atoms with E-state index in [4.69, 9.17) is 13.9 Å². The van der Waals surface area contributed by atoms with Crippen LogP contribution in [-0.2, 0) is 17.8 Å². The van der Waals surface area contributed by atoms with Crippen molar-refractivity contribution in [3.63, 3.8) is 0 Å². The summed E-state index contributed by atoms with van der Waals surface area (Å²) < 4.78 is 17.1. The van der Waals surface area contributed by atoms with E-state index in [1.165, 1.54) is 0 Å². The van der Waals surface area contributed by atoms with Gasteiger partial charge in [-0.2, -0.15) is 0 Å². The second-order valence-corrected chi connectivity index (χ2v) is 10.5. The van der Waals surface area contributed by atoms with Crippen molar-refractivity contribution in [2.45, 2.75) is 64.6 Å². The first kappa shape index (κ1) is 25.3. The molecule has 2 heterocycles. The van der Waals surface area contributed by atoms with Gasteiger partial charge in [-0.3, -0.25) is 4.79 Å². The first-order valence-corrected chi connectivity index (χ1v) is 13.1. The minimum atomic E-state index is -0.642. The minimum Gasteiger partial charge on any atom is -0.497 e. The largest absolute Gasteiger partial charge is 0.497 e. The van der Waals surface area contributed by atoms with E-state index >= 15 is 0 Å². The summed E-state index contributed by atoms with van der Waals surface area (Å²) in [5.41, 5.74) is 2.21. The highest BCUT2D eigenvalue weighted by atomic mass is 16.5. The average molecular weight is 506 g/mol. The molecular formula is C30H35NO6. The molecule has 2 aliphatic rings. The third-order valence-electron chi connectivity index (χ3n) is 8.29. The lowest BCUT2D eigenvalue weighted by Crippen LogP contribution is -2.55. The second kappa shape index (κ2) is 10.2. The lowest BCUT2D eigenvalue weighted by molar-refractivity contribution is -0.142. The number of rotatable bonds is 6. The van der Waals surface area contributed by atoms with E-state index < -0.39 is 11.2 Å². The Bertz CT molecular complexity index is 1380. The maximum absolute atomic E-state index is 13.2. The van der Waals surface area contributed by atoms with E-state index in [1.54, 1.807) is 7.11 Å². The monoisotopic (exact) mass is 505 g/mol. The van der Waals surface area contributed by atoms with Crippen LogP contribution in [0.5, 0.6) is 11.5 Å². The van der Waals surface area contributed by atoms with Gasteiger partial charge >= 0.3 is 5.63 Å². The number of ether oxygens (including phenoxy) is 2. The molecule has 1 saturated carbocycles. The molecule has 7 heteroatoms. The minimum absolute atomic E-state index is 0.00238. The van der Waals surface area contributed by atoms with Gasteiger partial charge in [-0.15, -0.1) is 0 Å². The molecule has 2 fully saturated rings. The van der Waals surface area contributed by atoms with Crippen molar-refractivity contribution in [3.05, 3.63) is 69.1 Å². The molecule has 0 unspecified atom stereocenters. The van der Waals surface area contributed by atoms with E-state index in [1.807, 2.05) is 55.1 Å². The summed E-state index contributed by atoms with van der Waals surface area (Å²) in [4.78, 5) is 28.1. The molecule has 1 amide bonds. The molecule has 7 nitrogen and oxygen atoms in total. The molecule has 2 aromatic carbocycles. The van der Waals surface area contributed by atoms with Crippen molar-refractivity contribution >= 4 is 16.9 Å². The lowest BCUT2D eigenvalue weighted by Gasteiger charge is -2.47. The zero-order valence-electron chi connectivity index (χ0n) is 21.8. The van der Waals surface area contributed by atoms with Crippen LogP contribution in [0, 0.1) is 19.8 Å². The van der Waals surface area contributed by atoms with Gasteiger partial charge in [-0.1, -0.05) is 25.0 Å². The van der Waals surface area contributed by atoms with E-state index in [9.17, 15) is 14.7 Å². The molecular weight excluding hydrogens is 470 g/mol. The van der Waals surface area contributed by atoms with E-state index in [0.29, 0.717) is 43.0 Å². The molecule has 0 bridgehead atoms. The molecule has 2 atom stereocenters. The Morgan fingerprint density at radius 1 is 1.16 bits per heavy atom. The summed E-state index contributed by atoms with van der Waals surface area (Å²) in [6, 6.07) is 11.4. The number of aryl methyl sites for hydroxylation is 2. The highest BCUT2D eigenvalue weighted by Crippen LogP contribution is 2.40. The summed E-state index contributed by atoms with van der Waals surface area (Å²) in [5.74, 6) is 1.43. The van der Waals surface area contributed by atoms with Crippen molar-refractivity contribution in [2.75, 3.05) is 20.2 Å². The maximum Gasteiger partial charge on any atom is 0.340 e. The smallest absolute Gasteiger partial charge is 0.340 e. The number of likely N-dealkylation sites (tertiary alicyclic amines) is 1. The fourth-order valence-corrected chi connectivity index (χ4v) is 5.92. The summed E-state index contributed by atoms with van der Waals surface area (Å²) >= 11 is 0. The van der Waals surface area contributed by atoms with Crippen molar-refractivity contribution in [3.8, 4) is 11.5 Å². The third-order valence-corrected chi connectivity index (χ3v) is 8.29. The van der Waals surface area contributed by atoms with Gasteiger partial charge in [0.1, 0.15) is 23.7 Å². The fourth-order valence-electron chi connectivity index (χ4n) is 5.92. The van der Waals surface area contributed by atoms with Gasteiger partial charge < -0.3 is 23.9 Å². The van der Waals surface area contributed by atoms with Crippen molar-refractivity contribution in [1.29, 1.82) is 0 Å². The first-order chi connectivity index (χ1) is 17.8. The predicted molar refractivity (Wildman–Crippen MR) is 141 cm³/mol. The molecule has 1 aliphatic carbocycles. The van der Waals surface area contributed by atoms with Crippen LogP contribution in [0.3, 0.4) is 0 Å². The van der Waals surface area contributed by atoms with Gasteiger partial charge in [0, 0.05) is 30.0 Å². The molecule has 196 valence electrons. The normalized spacial score (nSPS) is 21.5. The van der Waals surface area contributed by atoms with Crippen LogP contribution >= 0.6 is 0 Å². The van der Waals surface area contributed by atoms with Crippen LogP contribution in [0.25, 0.3) is 11.0 Å². The van der Waals surface area contributed by atoms with Gasteiger partial charge in [0.2, 0.25) is 5.91 Å². The molecule has 5 rings (SSSR count). The zero-order valence-corrected chi connectivity index (χ0v) is 21.8. The molecule has 1 aromatic heterocycles. The Balaban J connectivity index is 1.34. The lowest BCUT2D eigenvalue weighted by atomic mass is 9.71. The Morgan fingerprint density at radius 2 is 2.00 bits per heavy atom. The molecule has 3 aromatic rings. The van der Waals surface area contributed by atoms with Crippen LogP contribution in [0.1, 0.15) is 54.4 Å². The molecule has 0 radical (unpaired) electrons. The quantitative estimate of drug-likeness (QED) is 0.489.